The number of hydrogen-bond acceptors (Lipinski definition) is 5. The zero-order valence-electron chi connectivity index (χ0n) is 13.0. The molecule has 1 N–H and O–H groups in total. The molecule has 0 spiro atoms. The minimum Gasteiger partial charge on any atom is -0.484 e. The molecule has 3 aromatic rings. The zero-order valence-corrected chi connectivity index (χ0v) is 15.4. The van der Waals surface area contributed by atoms with Crippen molar-refractivity contribution in [3.63, 3.8) is 0 Å². The Hall–Kier alpha value is -2.45. The molecular formula is C17H14BrN3O3S. The van der Waals surface area contributed by atoms with Crippen molar-refractivity contribution >= 4 is 39.7 Å². The van der Waals surface area contributed by atoms with Crippen LogP contribution in [0, 0.1) is 4.84 Å². The molecule has 0 aliphatic carbocycles. The molecule has 0 aliphatic heterocycles. The van der Waals surface area contributed by atoms with Gasteiger partial charge in [0.1, 0.15) is 12.3 Å². The summed E-state index contributed by atoms with van der Waals surface area (Å²) in [4.78, 5) is 12.2. The third-order valence-corrected chi connectivity index (χ3v) is 4.00. The summed E-state index contributed by atoms with van der Waals surface area (Å²) in [5.41, 5.74) is 0.691. The van der Waals surface area contributed by atoms with E-state index in [2.05, 4.69) is 26.3 Å². The fourth-order valence-corrected chi connectivity index (χ4v) is 2.51. The molecule has 0 radical (unpaired) electrons. The van der Waals surface area contributed by atoms with E-state index < -0.39 is 0 Å². The van der Waals surface area contributed by atoms with E-state index in [0.29, 0.717) is 17.3 Å². The lowest BCUT2D eigenvalue weighted by atomic mass is 10.3. The second-order valence-corrected chi connectivity index (χ2v) is 6.34. The van der Waals surface area contributed by atoms with E-state index in [0.717, 1.165) is 4.47 Å². The lowest BCUT2D eigenvalue weighted by molar-refractivity contribution is -0.117. The van der Waals surface area contributed by atoms with Gasteiger partial charge in [-0.1, -0.05) is 34.1 Å². The van der Waals surface area contributed by atoms with Gasteiger partial charge in [-0.3, -0.25) is 4.79 Å². The van der Waals surface area contributed by atoms with Gasteiger partial charge in [0.25, 0.3) is 10.7 Å². The first-order valence-corrected chi connectivity index (χ1v) is 8.60. The van der Waals surface area contributed by atoms with Crippen molar-refractivity contribution in [3.8, 4) is 5.75 Å². The van der Waals surface area contributed by atoms with E-state index >= 15 is 0 Å². The minimum atomic E-state index is -0.248. The van der Waals surface area contributed by atoms with Crippen LogP contribution in [0.15, 0.2) is 63.5 Å². The summed E-state index contributed by atoms with van der Waals surface area (Å²) in [5, 5.41) is 6.95. The lowest BCUT2D eigenvalue weighted by Gasteiger charge is -2.04. The number of benzene rings is 2. The highest BCUT2D eigenvalue weighted by atomic mass is 79.9. The molecule has 0 bridgehead atoms. The maximum absolute atomic E-state index is 12.1. The van der Waals surface area contributed by atoms with E-state index in [1.165, 1.54) is 4.68 Å². The smallest absolute Gasteiger partial charge is 0.287 e. The van der Waals surface area contributed by atoms with Crippen molar-refractivity contribution in [3.05, 3.63) is 69.8 Å². The SMILES string of the molecule is O=C(Cn1nc(COc2ccccc2)oc1=S)Nc1ccc(Br)cc1. The molecule has 0 aliphatic rings. The van der Waals surface area contributed by atoms with Crippen LogP contribution in [0.4, 0.5) is 5.69 Å². The summed E-state index contributed by atoms with van der Waals surface area (Å²) in [5.74, 6) is 0.763. The number of halogens is 1. The molecule has 0 saturated carbocycles. The van der Waals surface area contributed by atoms with Crippen molar-refractivity contribution in [1.82, 2.24) is 9.78 Å². The molecule has 2 aromatic carbocycles. The number of hydrogen-bond donors (Lipinski definition) is 1. The monoisotopic (exact) mass is 419 g/mol. The third-order valence-electron chi connectivity index (χ3n) is 3.17. The zero-order chi connectivity index (χ0) is 17.6. The van der Waals surface area contributed by atoms with Crippen molar-refractivity contribution in [1.29, 1.82) is 0 Å². The number of para-hydroxylation sites is 1. The van der Waals surface area contributed by atoms with Crippen LogP contribution in [0.25, 0.3) is 0 Å². The first-order valence-electron chi connectivity index (χ1n) is 7.40. The van der Waals surface area contributed by atoms with E-state index in [-0.39, 0.29) is 23.9 Å². The molecule has 0 unspecified atom stereocenters. The molecule has 8 heteroatoms. The molecule has 1 aromatic heterocycles. The fourth-order valence-electron chi connectivity index (χ4n) is 2.04. The lowest BCUT2D eigenvalue weighted by Crippen LogP contribution is -2.19. The molecule has 1 amide bonds. The number of nitrogens with one attached hydrogen (secondary N) is 1. The Morgan fingerprint density at radius 2 is 1.92 bits per heavy atom. The molecule has 25 heavy (non-hydrogen) atoms. The van der Waals surface area contributed by atoms with Crippen molar-refractivity contribution in [2.24, 2.45) is 0 Å². The van der Waals surface area contributed by atoms with Crippen LogP contribution in [0.5, 0.6) is 5.75 Å². The number of nitrogens with zero attached hydrogens (tertiary/aromatic N) is 2. The standard InChI is InChI=1S/C17H14BrN3O3S/c18-12-6-8-13(9-7-12)19-15(22)10-21-17(25)24-16(20-21)11-23-14-4-2-1-3-5-14/h1-9H,10-11H2,(H,19,22). The summed E-state index contributed by atoms with van der Waals surface area (Å²) in [6.45, 7) is 0.0960. The van der Waals surface area contributed by atoms with Gasteiger partial charge < -0.3 is 14.5 Å². The Balaban J connectivity index is 1.59. The maximum Gasteiger partial charge on any atom is 0.287 e. The minimum absolute atomic E-state index is 0.0380. The molecule has 6 nitrogen and oxygen atoms in total. The Morgan fingerprint density at radius 3 is 2.64 bits per heavy atom. The van der Waals surface area contributed by atoms with E-state index in [1.807, 2.05) is 42.5 Å². The van der Waals surface area contributed by atoms with Crippen molar-refractivity contribution in [2.45, 2.75) is 13.2 Å². The number of aromatic nitrogens is 2. The van der Waals surface area contributed by atoms with Gasteiger partial charge in [-0.2, -0.15) is 0 Å². The topological polar surface area (TPSA) is 69.3 Å². The van der Waals surface area contributed by atoms with Gasteiger partial charge in [-0.15, -0.1) is 5.10 Å². The summed E-state index contributed by atoms with van der Waals surface area (Å²) in [6, 6.07) is 16.6. The van der Waals surface area contributed by atoms with Crippen LogP contribution < -0.4 is 10.1 Å². The Kier molecular flexibility index (Phi) is 5.62. The number of ether oxygens (including phenoxy) is 1. The number of carbonyl (C=O) groups excluding carboxylic acids is 1. The summed E-state index contributed by atoms with van der Waals surface area (Å²) >= 11 is 8.44. The van der Waals surface area contributed by atoms with Gasteiger partial charge >= 0.3 is 0 Å². The van der Waals surface area contributed by atoms with Gasteiger partial charge in [0.2, 0.25) is 5.91 Å². The Morgan fingerprint density at radius 1 is 1.20 bits per heavy atom. The highest BCUT2D eigenvalue weighted by molar-refractivity contribution is 9.10. The van der Waals surface area contributed by atoms with Crippen LogP contribution in [0.3, 0.4) is 0 Å². The summed E-state index contributed by atoms with van der Waals surface area (Å²) in [6.07, 6.45) is 0. The quantitative estimate of drug-likeness (QED) is 0.606. The molecule has 0 fully saturated rings. The number of rotatable bonds is 6. The fraction of sp³-hybridized carbons (Fsp3) is 0.118. The van der Waals surface area contributed by atoms with Gasteiger partial charge in [0, 0.05) is 10.2 Å². The Bertz CT molecular complexity index is 907. The van der Waals surface area contributed by atoms with E-state index in [1.54, 1.807) is 12.1 Å². The van der Waals surface area contributed by atoms with Crippen LogP contribution in [0.2, 0.25) is 0 Å². The summed E-state index contributed by atoms with van der Waals surface area (Å²) in [7, 11) is 0. The molecule has 0 atom stereocenters. The molecule has 0 saturated heterocycles. The van der Waals surface area contributed by atoms with Crippen LogP contribution >= 0.6 is 28.1 Å². The van der Waals surface area contributed by atoms with Crippen molar-refractivity contribution in [2.75, 3.05) is 5.32 Å². The second-order valence-electron chi connectivity index (χ2n) is 5.08. The number of anilines is 1. The summed E-state index contributed by atoms with van der Waals surface area (Å²) < 4.78 is 13.2. The van der Waals surface area contributed by atoms with Crippen LogP contribution in [0.1, 0.15) is 5.89 Å². The average molecular weight is 420 g/mol. The number of carbonyl (C=O) groups is 1. The predicted molar refractivity (Wildman–Crippen MR) is 98.9 cm³/mol. The largest absolute Gasteiger partial charge is 0.484 e. The highest BCUT2D eigenvalue weighted by Crippen LogP contribution is 2.14. The van der Waals surface area contributed by atoms with Gasteiger partial charge in [0.15, 0.2) is 6.61 Å². The molecular weight excluding hydrogens is 406 g/mol. The first-order chi connectivity index (χ1) is 12.1. The predicted octanol–water partition coefficient (Wildman–Crippen LogP) is 4.19. The molecule has 1 heterocycles. The maximum atomic E-state index is 12.1. The van der Waals surface area contributed by atoms with Crippen LogP contribution in [-0.4, -0.2) is 15.7 Å². The third kappa shape index (κ3) is 5.01. The van der Waals surface area contributed by atoms with Crippen molar-refractivity contribution < 1.29 is 13.9 Å². The van der Waals surface area contributed by atoms with Gasteiger partial charge in [-0.25, -0.2) is 4.68 Å². The Labute approximate surface area is 157 Å². The highest BCUT2D eigenvalue weighted by Gasteiger charge is 2.10. The van der Waals surface area contributed by atoms with Crippen LogP contribution in [-0.2, 0) is 17.9 Å². The first kappa shape index (κ1) is 17.4. The van der Waals surface area contributed by atoms with E-state index in [9.17, 15) is 4.79 Å². The second kappa shape index (κ2) is 8.09. The number of amides is 1. The van der Waals surface area contributed by atoms with Gasteiger partial charge in [-0.05, 0) is 48.6 Å². The normalized spacial score (nSPS) is 10.4. The van der Waals surface area contributed by atoms with Gasteiger partial charge in [0.05, 0.1) is 0 Å². The molecule has 128 valence electrons. The van der Waals surface area contributed by atoms with E-state index in [4.69, 9.17) is 21.4 Å². The average Bonchev–Trinajstić information content (AvgIpc) is 2.96. The molecule has 3 rings (SSSR count).